The third-order valence-electron chi connectivity index (χ3n) is 5.15. The van der Waals surface area contributed by atoms with E-state index in [0.717, 1.165) is 4.90 Å². The van der Waals surface area contributed by atoms with E-state index in [2.05, 4.69) is 5.32 Å². The van der Waals surface area contributed by atoms with Gasteiger partial charge in [-0.3, -0.25) is 28.7 Å². The molecule has 0 saturated carbocycles. The maximum atomic E-state index is 13.5. The van der Waals surface area contributed by atoms with Crippen molar-refractivity contribution in [2.45, 2.75) is 37.7 Å². The molecule has 0 aliphatic carbocycles. The number of likely N-dealkylation sites (N-methyl/N-ethyl adjacent to an activating group) is 1. The Hall–Kier alpha value is -3.15. The van der Waals surface area contributed by atoms with E-state index in [1.807, 2.05) is 0 Å². The molecule has 3 amide bonds. The van der Waals surface area contributed by atoms with Crippen LogP contribution in [0.5, 0.6) is 0 Å². The standard InChI is InChI=1S/C16H20FN3O3.C7H8O3S/c1-10(20-14(21)8-13(16(20)23)19(2)3)15(22)18-9-11-6-4-5-7-12(11)17;8-11(9,10)6-7-4-2-1-3-5-7/h4-7,10,13H,8-9H2,1-3H3,(H,18,22);1-5H,6H2,(H,8,9,10). The number of nitrogens with zero attached hydrogens (tertiary/aromatic N) is 2. The van der Waals surface area contributed by atoms with Gasteiger partial charge in [0.2, 0.25) is 17.7 Å². The zero-order valence-corrected chi connectivity index (χ0v) is 20.0. The predicted molar refractivity (Wildman–Crippen MR) is 123 cm³/mol. The van der Waals surface area contributed by atoms with Gasteiger partial charge in [-0.25, -0.2) is 4.39 Å². The first-order valence-electron chi connectivity index (χ1n) is 10.4. The highest BCUT2D eigenvalue weighted by molar-refractivity contribution is 7.85. The van der Waals surface area contributed by atoms with Gasteiger partial charge in [-0.05, 0) is 32.6 Å². The minimum absolute atomic E-state index is 0.00315. The second kappa shape index (κ2) is 11.8. The molecule has 9 nitrogen and oxygen atoms in total. The largest absolute Gasteiger partial charge is 0.350 e. The van der Waals surface area contributed by atoms with Crippen molar-refractivity contribution < 1.29 is 31.7 Å². The third kappa shape index (κ3) is 7.72. The molecule has 1 aliphatic heterocycles. The highest BCUT2D eigenvalue weighted by atomic mass is 32.2. The summed E-state index contributed by atoms with van der Waals surface area (Å²) in [4.78, 5) is 39.1. The molecule has 3 rings (SSSR count). The minimum atomic E-state index is -3.88. The van der Waals surface area contributed by atoms with Crippen molar-refractivity contribution in [3.8, 4) is 0 Å². The average molecular weight is 494 g/mol. The predicted octanol–water partition coefficient (Wildman–Crippen LogP) is 1.59. The van der Waals surface area contributed by atoms with Gasteiger partial charge in [0.1, 0.15) is 17.6 Å². The lowest BCUT2D eigenvalue weighted by Crippen LogP contribution is -2.49. The summed E-state index contributed by atoms with van der Waals surface area (Å²) in [6, 6.07) is 13.2. The van der Waals surface area contributed by atoms with Crippen molar-refractivity contribution in [3.63, 3.8) is 0 Å². The van der Waals surface area contributed by atoms with Crippen molar-refractivity contribution in [2.24, 2.45) is 0 Å². The summed E-state index contributed by atoms with van der Waals surface area (Å²) in [5, 5.41) is 2.56. The van der Waals surface area contributed by atoms with Crippen LogP contribution in [-0.4, -0.2) is 66.7 Å². The maximum Gasteiger partial charge on any atom is 0.269 e. The number of carbonyl (C=O) groups is 3. The topological polar surface area (TPSA) is 124 Å². The molecular formula is C23H28FN3O6S. The van der Waals surface area contributed by atoms with Gasteiger partial charge < -0.3 is 5.32 Å². The molecule has 184 valence electrons. The Morgan fingerprint density at radius 1 is 1.15 bits per heavy atom. The number of likely N-dealkylation sites (tertiary alicyclic amines) is 1. The lowest BCUT2D eigenvalue weighted by atomic mass is 10.2. The molecule has 2 unspecified atom stereocenters. The molecule has 1 fully saturated rings. The van der Waals surface area contributed by atoms with Gasteiger partial charge in [0, 0.05) is 12.1 Å². The molecule has 1 heterocycles. The zero-order chi connectivity index (χ0) is 25.5. The molecule has 1 saturated heterocycles. The Kier molecular flexibility index (Phi) is 9.42. The van der Waals surface area contributed by atoms with Crippen molar-refractivity contribution >= 4 is 27.8 Å². The Balaban J connectivity index is 0.000000310. The molecule has 0 radical (unpaired) electrons. The fraction of sp³-hybridized carbons (Fsp3) is 0.348. The summed E-state index contributed by atoms with van der Waals surface area (Å²) >= 11 is 0. The van der Waals surface area contributed by atoms with Crippen molar-refractivity contribution in [1.82, 2.24) is 15.1 Å². The maximum absolute atomic E-state index is 13.5. The van der Waals surface area contributed by atoms with E-state index in [9.17, 15) is 27.2 Å². The molecule has 2 N–H and O–H groups in total. The minimum Gasteiger partial charge on any atom is -0.350 e. The fourth-order valence-corrected chi connectivity index (χ4v) is 3.93. The first kappa shape index (κ1) is 27.1. The van der Waals surface area contributed by atoms with Gasteiger partial charge >= 0.3 is 0 Å². The van der Waals surface area contributed by atoms with Crippen molar-refractivity contribution in [1.29, 1.82) is 0 Å². The van der Waals surface area contributed by atoms with Gasteiger partial charge in [-0.1, -0.05) is 48.5 Å². The molecule has 0 bridgehead atoms. The highest BCUT2D eigenvalue weighted by Gasteiger charge is 2.43. The van der Waals surface area contributed by atoms with Crippen LogP contribution in [0.2, 0.25) is 0 Å². The van der Waals surface area contributed by atoms with E-state index in [1.165, 1.54) is 13.0 Å². The van der Waals surface area contributed by atoms with Crippen LogP contribution in [0.3, 0.4) is 0 Å². The van der Waals surface area contributed by atoms with E-state index in [1.54, 1.807) is 67.5 Å². The molecule has 2 aromatic carbocycles. The summed E-state index contributed by atoms with van der Waals surface area (Å²) in [6.45, 7) is 1.49. The smallest absolute Gasteiger partial charge is 0.269 e. The summed E-state index contributed by atoms with van der Waals surface area (Å²) < 4.78 is 42.7. The Morgan fingerprint density at radius 3 is 2.26 bits per heavy atom. The molecule has 0 spiro atoms. The van der Waals surface area contributed by atoms with Crippen LogP contribution in [0.25, 0.3) is 0 Å². The Morgan fingerprint density at radius 2 is 1.74 bits per heavy atom. The second-order valence-electron chi connectivity index (χ2n) is 7.98. The van der Waals surface area contributed by atoms with Crippen LogP contribution < -0.4 is 5.32 Å². The van der Waals surface area contributed by atoms with Crippen LogP contribution >= 0.6 is 0 Å². The van der Waals surface area contributed by atoms with E-state index >= 15 is 0 Å². The zero-order valence-electron chi connectivity index (χ0n) is 19.1. The molecule has 11 heteroatoms. The van der Waals surface area contributed by atoms with Gasteiger partial charge in [0.25, 0.3) is 10.1 Å². The number of hydrogen-bond acceptors (Lipinski definition) is 6. The SMILES string of the molecule is CC(C(=O)NCc1ccccc1F)N1C(=O)CC(N(C)C)C1=O.O=S(=O)(O)Cc1ccccc1. The number of imide groups is 1. The van der Waals surface area contributed by atoms with Crippen LogP contribution in [-0.2, 0) is 36.8 Å². The Labute approximate surface area is 198 Å². The van der Waals surface area contributed by atoms with Crippen LogP contribution in [0.1, 0.15) is 24.5 Å². The van der Waals surface area contributed by atoms with Crippen molar-refractivity contribution in [3.05, 3.63) is 71.5 Å². The van der Waals surface area contributed by atoms with Gasteiger partial charge in [0.05, 0.1) is 12.5 Å². The number of halogens is 1. The van der Waals surface area contributed by atoms with Crippen LogP contribution in [0.15, 0.2) is 54.6 Å². The molecule has 34 heavy (non-hydrogen) atoms. The number of benzene rings is 2. The van der Waals surface area contributed by atoms with Crippen LogP contribution in [0, 0.1) is 5.82 Å². The monoisotopic (exact) mass is 493 g/mol. The molecule has 2 aromatic rings. The second-order valence-corrected chi connectivity index (χ2v) is 9.44. The molecular weight excluding hydrogens is 465 g/mol. The van der Waals surface area contributed by atoms with E-state index < -0.39 is 33.9 Å². The van der Waals surface area contributed by atoms with Gasteiger partial charge in [0.15, 0.2) is 0 Å². The van der Waals surface area contributed by atoms with Gasteiger partial charge in [-0.15, -0.1) is 0 Å². The molecule has 1 aliphatic rings. The molecule has 2 atom stereocenters. The van der Waals surface area contributed by atoms with E-state index in [0.29, 0.717) is 11.1 Å². The number of rotatable bonds is 7. The summed E-state index contributed by atoms with van der Waals surface area (Å²) in [5.41, 5.74) is 0.938. The first-order chi connectivity index (χ1) is 15.9. The first-order valence-corrected chi connectivity index (χ1v) is 12.0. The summed E-state index contributed by atoms with van der Waals surface area (Å²) in [5.74, 6) is -1.97. The lowest BCUT2D eigenvalue weighted by molar-refractivity contribution is -0.147. The third-order valence-corrected chi connectivity index (χ3v) is 5.85. The average Bonchev–Trinajstić information content (AvgIpc) is 3.06. The quantitative estimate of drug-likeness (QED) is 0.443. The fourth-order valence-electron chi connectivity index (χ4n) is 3.32. The van der Waals surface area contributed by atoms with Crippen LogP contribution in [0.4, 0.5) is 4.39 Å². The molecule has 0 aromatic heterocycles. The van der Waals surface area contributed by atoms with Crippen molar-refractivity contribution in [2.75, 3.05) is 14.1 Å². The van der Waals surface area contributed by atoms with Gasteiger partial charge in [-0.2, -0.15) is 8.42 Å². The highest BCUT2D eigenvalue weighted by Crippen LogP contribution is 2.19. The lowest BCUT2D eigenvalue weighted by Gasteiger charge is -2.23. The summed E-state index contributed by atoms with van der Waals surface area (Å²) in [7, 11) is -0.456. The summed E-state index contributed by atoms with van der Waals surface area (Å²) in [6.07, 6.45) is 0.0662. The normalized spacial score (nSPS) is 16.8. The Bertz CT molecular complexity index is 1120. The number of amides is 3. The number of hydrogen-bond donors (Lipinski definition) is 2. The number of nitrogens with one attached hydrogen (secondary N) is 1. The van der Waals surface area contributed by atoms with E-state index in [-0.39, 0.29) is 30.5 Å². The van der Waals surface area contributed by atoms with E-state index in [4.69, 9.17) is 4.55 Å². The number of carbonyl (C=O) groups excluding carboxylic acids is 3.